The van der Waals surface area contributed by atoms with Crippen molar-refractivity contribution in [1.29, 1.82) is 0 Å². The van der Waals surface area contributed by atoms with Crippen molar-refractivity contribution in [3.8, 4) is 0 Å². The summed E-state index contributed by atoms with van der Waals surface area (Å²) in [6.45, 7) is 14.3. The van der Waals surface area contributed by atoms with E-state index in [0.29, 0.717) is 18.6 Å². The smallest absolute Gasteiger partial charge is 0.191 e. The van der Waals surface area contributed by atoms with E-state index in [2.05, 4.69) is 48.2 Å². The molecule has 5 heteroatoms. The molecule has 0 aliphatic rings. The second kappa shape index (κ2) is 11.1. The van der Waals surface area contributed by atoms with E-state index in [1.54, 1.807) is 0 Å². The predicted molar refractivity (Wildman–Crippen MR) is 82.7 cm³/mol. The van der Waals surface area contributed by atoms with Crippen LogP contribution in [0.25, 0.3) is 0 Å². The summed E-state index contributed by atoms with van der Waals surface area (Å²) < 4.78 is 0. The minimum Gasteiger partial charge on any atom is -0.395 e. The molecule has 0 saturated carbocycles. The molecule has 0 amide bonds. The van der Waals surface area contributed by atoms with Gasteiger partial charge in [0.2, 0.25) is 0 Å². The van der Waals surface area contributed by atoms with Crippen molar-refractivity contribution in [2.45, 2.75) is 53.1 Å². The number of rotatable bonds is 9. The Hall–Kier alpha value is -0.810. The predicted octanol–water partition coefficient (Wildman–Crippen LogP) is 1.04. The molecular weight excluding hydrogens is 240 g/mol. The molecule has 0 unspecified atom stereocenters. The molecule has 0 saturated heterocycles. The number of nitrogens with one attached hydrogen (secondary N) is 2. The molecule has 114 valence electrons. The molecule has 0 radical (unpaired) electrons. The Balaban J connectivity index is 4.07. The number of aliphatic hydroxyl groups is 1. The van der Waals surface area contributed by atoms with Gasteiger partial charge < -0.3 is 15.7 Å². The highest BCUT2D eigenvalue weighted by molar-refractivity contribution is 5.79. The van der Waals surface area contributed by atoms with E-state index in [0.717, 1.165) is 32.0 Å². The second-order valence-corrected chi connectivity index (χ2v) is 5.19. The normalized spacial score (nSPS) is 12.6. The van der Waals surface area contributed by atoms with Crippen LogP contribution in [0.1, 0.15) is 41.0 Å². The van der Waals surface area contributed by atoms with Gasteiger partial charge in [0.05, 0.1) is 6.61 Å². The molecule has 0 aromatic heterocycles. The van der Waals surface area contributed by atoms with Gasteiger partial charge >= 0.3 is 0 Å². The zero-order valence-electron chi connectivity index (χ0n) is 13.2. The summed E-state index contributed by atoms with van der Waals surface area (Å²) in [6, 6.07) is 1.15. The van der Waals surface area contributed by atoms with Crippen LogP contribution in [0.15, 0.2) is 4.99 Å². The average molecular weight is 272 g/mol. The fraction of sp³-hybridized carbons (Fsp3) is 0.929. The Morgan fingerprint density at radius 1 is 1.16 bits per heavy atom. The third kappa shape index (κ3) is 8.83. The van der Waals surface area contributed by atoms with E-state index >= 15 is 0 Å². The van der Waals surface area contributed by atoms with Crippen LogP contribution in [-0.2, 0) is 0 Å². The lowest BCUT2D eigenvalue weighted by Gasteiger charge is -2.30. The van der Waals surface area contributed by atoms with E-state index < -0.39 is 0 Å². The standard InChI is InChI=1S/C14H32N4O/c1-6-15-14(17-9-11-19)16-8-7-10-18(12(2)3)13(4)5/h12-13,19H,6-11H2,1-5H3,(H2,15,16,17). The molecule has 0 atom stereocenters. The minimum absolute atomic E-state index is 0.124. The van der Waals surface area contributed by atoms with Crippen molar-refractivity contribution in [3.05, 3.63) is 0 Å². The van der Waals surface area contributed by atoms with Crippen LogP contribution in [0.4, 0.5) is 0 Å². The van der Waals surface area contributed by atoms with E-state index in [9.17, 15) is 0 Å². The number of aliphatic imine (C=N–C) groups is 1. The summed E-state index contributed by atoms with van der Waals surface area (Å²) in [5, 5.41) is 15.0. The van der Waals surface area contributed by atoms with Crippen LogP contribution < -0.4 is 10.6 Å². The molecule has 0 spiro atoms. The van der Waals surface area contributed by atoms with Crippen molar-refractivity contribution < 1.29 is 5.11 Å². The molecule has 0 bridgehead atoms. The van der Waals surface area contributed by atoms with Crippen LogP contribution in [0.3, 0.4) is 0 Å². The summed E-state index contributed by atoms with van der Waals surface area (Å²) in [5.41, 5.74) is 0. The Bertz CT molecular complexity index is 234. The van der Waals surface area contributed by atoms with Gasteiger partial charge in [-0.25, -0.2) is 0 Å². The molecule has 0 aliphatic heterocycles. The van der Waals surface area contributed by atoms with E-state index in [1.165, 1.54) is 0 Å². The molecule has 0 aromatic carbocycles. The lowest BCUT2D eigenvalue weighted by Crippen LogP contribution is -2.39. The third-order valence-corrected chi connectivity index (χ3v) is 2.92. The first-order chi connectivity index (χ1) is 9.02. The molecular formula is C14H32N4O. The van der Waals surface area contributed by atoms with Crippen LogP contribution in [0.2, 0.25) is 0 Å². The van der Waals surface area contributed by atoms with E-state index in [-0.39, 0.29) is 6.61 Å². The van der Waals surface area contributed by atoms with Gasteiger partial charge in [-0.05, 0) is 41.0 Å². The number of aliphatic hydroxyl groups excluding tert-OH is 1. The van der Waals surface area contributed by atoms with Gasteiger partial charge in [0.15, 0.2) is 5.96 Å². The van der Waals surface area contributed by atoms with Gasteiger partial charge in [-0.1, -0.05) is 0 Å². The lowest BCUT2D eigenvalue weighted by molar-refractivity contribution is 0.174. The second-order valence-electron chi connectivity index (χ2n) is 5.19. The summed E-state index contributed by atoms with van der Waals surface area (Å²) in [6.07, 6.45) is 1.05. The molecule has 0 fully saturated rings. The monoisotopic (exact) mass is 272 g/mol. The van der Waals surface area contributed by atoms with Crippen molar-refractivity contribution in [2.75, 3.05) is 32.8 Å². The third-order valence-electron chi connectivity index (χ3n) is 2.92. The number of hydrogen-bond acceptors (Lipinski definition) is 3. The molecule has 0 rings (SSSR count). The van der Waals surface area contributed by atoms with Crippen LogP contribution in [-0.4, -0.2) is 60.8 Å². The minimum atomic E-state index is 0.124. The zero-order chi connectivity index (χ0) is 14.7. The maximum Gasteiger partial charge on any atom is 0.191 e. The maximum absolute atomic E-state index is 8.80. The Morgan fingerprint density at radius 2 is 1.79 bits per heavy atom. The fourth-order valence-corrected chi connectivity index (χ4v) is 2.07. The largest absolute Gasteiger partial charge is 0.395 e. The quantitative estimate of drug-likeness (QED) is 0.333. The van der Waals surface area contributed by atoms with Crippen molar-refractivity contribution in [3.63, 3.8) is 0 Å². The Morgan fingerprint density at radius 3 is 2.26 bits per heavy atom. The first-order valence-electron chi connectivity index (χ1n) is 7.41. The van der Waals surface area contributed by atoms with Gasteiger partial charge in [-0.2, -0.15) is 0 Å². The average Bonchev–Trinajstić information content (AvgIpc) is 2.34. The summed E-state index contributed by atoms with van der Waals surface area (Å²) in [7, 11) is 0. The topological polar surface area (TPSA) is 59.9 Å². The summed E-state index contributed by atoms with van der Waals surface area (Å²) in [5.74, 6) is 0.789. The molecule has 0 aliphatic carbocycles. The Labute approximate surface area is 118 Å². The molecule has 0 heterocycles. The van der Waals surface area contributed by atoms with Crippen molar-refractivity contribution in [2.24, 2.45) is 4.99 Å². The van der Waals surface area contributed by atoms with Gasteiger partial charge in [0.25, 0.3) is 0 Å². The van der Waals surface area contributed by atoms with E-state index in [1.807, 2.05) is 6.92 Å². The molecule has 0 aromatic rings. The zero-order valence-corrected chi connectivity index (χ0v) is 13.2. The van der Waals surface area contributed by atoms with Crippen LogP contribution in [0.5, 0.6) is 0 Å². The lowest BCUT2D eigenvalue weighted by atomic mass is 10.2. The van der Waals surface area contributed by atoms with Gasteiger partial charge in [0, 0.05) is 38.3 Å². The van der Waals surface area contributed by atoms with Gasteiger partial charge in [-0.3, -0.25) is 9.89 Å². The van der Waals surface area contributed by atoms with Gasteiger partial charge in [0.1, 0.15) is 0 Å². The SMILES string of the molecule is CCNC(=NCCCN(C(C)C)C(C)C)NCCO. The number of nitrogens with zero attached hydrogens (tertiary/aromatic N) is 2. The maximum atomic E-state index is 8.80. The van der Waals surface area contributed by atoms with E-state index in [4.69, 9.17) is 5.11 Å². The fourth-order valence-electron chi connectivity index (χ4n) is 2.07. The van der Waals surface area contributed by atoms with Crippen molar-refractivity contribution in [1.82, 2.24) is 15.5 Å². The Kier molecular flexibility index (Phi) is 10.6. The highest BCUT2D eigenvalue weighted by atomic mass is 16.3. The van der Waals surface area contributed by atoms with Crippen LogP contribution >= 0.6 is 0 Å². The number of guanidine groups is 1. The summed E-state index contributed by atoms with van der Waals surface area (Å²) in [4.78, 5) is 6.97. The van der Waals surface area contributed by atoms with Crippen molar-refractivity contribution >= 4 is 5.96 Å². The van der Waals surface area contributed by atoms with Crippen LogP contribution in [0, 0.1) is 0 Å². The molecule has 19 heavy (non-hydrogen) atoms. The molecule has 5 nitrogen and oxygen atoms in total. The number of hydrogen-bond donors (Lipinski definition) is 3. The highest BCUT2D eigenvalue weighted by Crippen LogP contribution is 2.05. The first kappa shape index (κ1) is 18.2. The van der Waals surface area contributed by atoms with Gasteiger partial charge in [-0.15, -0.1) is 0 Å². The highest BCUT2D eigenvalue weighted by Gasteiger charge is 2.11. The first-order valence-corrected chi connectivity index (χ1v) is 7.41. The molecule has 3 N–H and O–H groups in total. The summed E-state index contributed by atoms with van der Waals surface area (Å²) >= 11 is 0.